The van der Waals surface area contributed by atoms with Crippen molar-refractivity contribution >= 4 is 33.2 Å². The van der Waals surface area contributed by atoms with E-state index in [0.717, 1.165) is 10.6 Å². The number of ether oxygens (including phenoxy) is 2. The summed E-state index contributed by atoms with van der Waals surface area (Å²) >= 11 is 6.01. The summed E-state index contributed by atoms with van der Waals surface area (Å²) in [7, 11) is -0.964. The molecule has 0 aliphatic heterocycles. The number of carbonyl (C=O) groups excluding carboxylic acids is 1. The Balaban J connectivity index is 3.32. The quantitative estimate of drug-likeness (QED) is 0.707. The van der Waals surface area contributed by atoms with Crippen LogP contribution in [0.3, 0.4) is 0 Å². The van der Waals surface area contributed by atoms with Crippen molar-refractivity contribution in [1.82, 2.24) is 5.32 Å². The Morgan fingerprint density at radius 2 is 1.96 bits per heavy atom. The molecule has 1 amide bonds. The summed E-state index contributed by atoms with van der Waals surface area (Å²) in [6, 6.07) is 2.83. The van der Waals surface area contributed by atoms with Gasteiger partial charge in [-0.25, -0.2) is 8.42 Å². The predicted molar refractivity (Wildman–Crippen MR) is 90.0 cm³/mol. The average Bonchev–Trinajstić information content (AvgIpc) is 2.49. The van der Waals surface area contributed by atoms with Gasteiger partial charge in [0.15, 0.2) is 0 Å². The van der Waals surface area contributed by atoms with Crippen molar-refractivity contribution < 1.29 is 22.7 Å². The third kappa shape index (κ3) is 5.04. The first-order valence-corrected chi connectivity index (χ1v) is 8.74. The largest absolute Gasteiger partial charge is 0.495 e. The molecule has 0 saturated carbocycles. The number of sulfonamides is 1. The Hall–Kier alpha value is -1.93. The summed E-state index contributed by atoms with van der Waals surface area (Å²) in [5.41, 5.74) is 0.157. The number of methoxy groups -OCH3 is 2. The van der Waals surface area contributed by atoms with Crippen molar-refractivity contribution in [2.45, 2.75) is 0 Å². The van der Waals surface area contributed by atoms with Crippen LogP contribution in [0, 0.1) is 0 Å². The highest BCUT2D eigenvalue weighted by molar-refractivity contribution is 7.92. The first-order chi connectivity index (χ1) is 10.7. The van der Waals surface area contributed by atoms with Gasteiger partial charge in [-0.1, -0.05) is 17.7 Å². The molecule has 0 aliphatic carbocycles. The van der Waals surface area contributed by atoms with E-state index in [1.807, 2.05) is 0 Å². The van der Waals surface area contributed by atoms with Gasteiger partial charge in [0, 0.05) is 18.7 Å². The molecule has 0 aliphatic rings. The molecular weight excluding hydrogens is 344 g/mol. The van der Waals surface area contributed by atoms with Crippen LogP contribution in [0.2, 0.25) is 5.02 Å². The molecule has 1 aromatic rings. The Morgan fingerprint density at radius 1 is 1.35 bits per heavy atom. The van der Waals surface area contributed by atoms with Crippen molar-refractivity contribution in [3.63, 3.8) is 0 Å². The molecule has 7 nitrogen and oxygen atoms in total. The molecule has 0 unspecified atom stereocenters. The van der Waals surface area contributed by atoms with Gasteiger partial charge in [0.1, 0.15) is 18.0 Å². The van der Waals surface area contributed by atoms with E-state index < -0.39 is 22.5 Å². The van der Waals surface area contributed by atoms with Crippen LogP contribution in [0.5, 0.6) is 11.5 Å². The monoisotopic (exact) mass is 362 g/mol. The summed E-state index contributed by atoms with van der Waals surface area (Å²) in [6.45, 7) is 3.31. The minimum absolute atomic E-state index is 0.157. The molecule has 23 heavy (non-hydrogen) atoms. The van der Waals surface area contributed by atoms with Crippen LogP contribution in [0.25, 0.3) is 0 Å². The molecule has 1 aromatic carbocycles. The summed E-state index contributed by atoms with van der Waals surface area (Å²) in [6.07, 6.45) is 2.49. The van der Waals surface area contributed by atoms with Crippen LogP contribution in [-0.2, 0) is 14.8 Å². The maximum atomic E-state index is 12.1. The number of hydrogen-bond donors (Lipinski definition) is 1. The molecule has 0 radical (unpaired) electrons. The number of nitrogens with zero attached hydrogens (tertiary/aromatic N) is 1. The number of hydrogen-bond acceptors (Lipinski definition) is 5. The SMILES string of the molecule is C=CCNC(=O)CN(c1cc(OC)c(Cl)cc1OC)S(C)(=O)=O. The molecular formula is C14H19ClN2O5S. The molecule has 0 spiro atoms. The predicted octanol–water partition coefficient (Wildman–Crippen LogP) is 1.43. The zero-order valence-electron chi connectivity index (χ0n) is 13.1. The highest BCUT2D eigenvalue weighted by atomic mass is 35.5. The molecule has 0 fully saturated rings. The number of anilines is 1. The maximum absolute atomic E-state index is 12.1. The lowest BCUT2D eigenvalue weighted by atomic mass is 10.2. The van der Waals surface area contributed by atoms with Crippen molar-refractivity contribution in [2.24, 2.45) is 0 Å². The first kappa shape index (κ1) is 19.1. The van der Waals surface area contributed by atoms with E-state index in [0.29, 0.717) is 0 Å². The van der Waals surface area contributed by atoms with Crippen molar-refractivity contribution in [1.29, 1.82) is 0 Å². The fraction of sp³-hybridized carbons (Fsp3) is 0.357. The first-order valence-electron chi connectivity index (χ1n) is 6.51. The Labute approximate surface area is 140 Å². The van der Waals surface area contributed by atoms with Gasteiger partial charge in [0.25, 0.3) is 0 Å². The van der Waals surface area contributed by atoms with E-state index >= 15 is 0 Å². The van der Waals surface area contributed by atoms with Crippen LogP contribution >= 0.6 is 11.6 Å². The Morgan fingerprint density at radius 3 is 2.43 bits per heavy atom. The molecule has 1 rings (SSSR count). The third-order valence-electron chi connectivity index (χ3n) is 2.85. The lowest BCUT2D eigenvalue weighted by Gasteiger charge is -2.24. The van der Waals surface area contributed by atoms with Gasteiger partial charge in [0.05, 0.1) is 31.2 Å². The fourth-order valence-electron chi connectivity index (χ4n) is 1.79. The van der Waals surface area contributed by atoms with Gasteiger partial charge in [-0.3, -0.25) is 9.10 Å². The second kappa shape index (κ2) is 8.07. The second-order valence-corrected chi connectivity index (χ2v) is 6.84. The molecule has 0 atom stereocenters. The minimum atomic E-state index is -3.74. The number of nitrogens with one attached hydrogen (secondary N) is 1. The molecule has 0 bridgehead atoms. The summed E-state index contributed by atoms with van der Waals surface area (Å²) in [5, 5.41) is 2.78. The fourth-order valence-corrected chi connectivity index (χ4v) is 2.88. The van der Waals surface area contributed by atoms with Crippen molar-refractivity contribution in [2.75, 3.05) is 37.9 Å². The molecule has 1 N–H and O–H groups in total. The number of carbonyl (C=O) groups is 1. The van der Waals surface area contributed by atoms with Crippen LogP contribution in [0.4, 0.5) is 5.69 Å². The lowest BCUT2D eigenvalue weighted by molar-refractivity contribution is -0.119. The van der Waals surface area contributed by atoms with Crippen molar-refractivity contribution in [3.8, 4) is 11.5 Å². The summed E-state index contributed by atoms with van der Waals surface area (Å²) in [5.74, 6) is -0.00773. The highest BCUT2D eigenvalue weighted by Crippen LogP contribution is 2.38. The van der Waals surface area contributed by atoms with E-state index in [1.54, 1.807) is 0 Å². The number of rotatable bonds is 8. The molecule has 9 heteroatoms. The van der Waals surface area contributed by atoms with Crippen molar-refractivity contribution in [3.05, 3.63) is 29.8 Å². The van der Waals surface area contributed by atoms with Gasteiger partial charge in [-0.15, -0.1) is 6.58 Å². The van der Waals surface area contributed by atoms with Gasteiger partial charge >= 0.3 is 0 Å². The van der Waals surface area contributed by atoms with Gasteiger partial charge in [-0.05, 0) is 0 Å². The Kier molecular flexibility index (Phi) is 6.71. The lowest BCUT2D eigenvalue weighted by Crippen LogP contribution is -2.40. The van der Waals surface area contributed by atoms with Gasteiger partial charge in [-0.2, -0.15) is 0 Å². The van der Waals surface area contributed by atoms with E-state index in [9.17, 15) is 13.2 Å². The van der Waals surface area contributed by atoms with E-state index in [2.05, 4.69) is 11.9 Å². The Bertz CT molecular complexity index is 691. The van der Waals surface area contributed by atoms with Gasteiger partial charge < -0.3 is 14.8 Å². The normalized spacial score (nSPS) is 10.8. The number of halogens is 1. The molecule has 0 heterocycles. The van der Waals surface area contributed by atoms with E-state index in [-0.39, 0.29) is 28.8 Å². The van der Waals surface area contributed by atoms with E-state index in [4.69, 9.17) is 21.1 Å². The highest BCUT2D eigenvalue weighted by Gasteiger charge is 2.25. The minimum Gasteiger partial charge on any atom is -0.495 e. The summed E-state index contributed by atoms with van der Waals surface area (Å²) < 4.78 is 35.4. The van der Waals surface area contributed by atoms with Crippen LogP contribution < -0.4 is 19.1 Å². The van der Waals surface area contributed by atoms with Gasteiger partial charge in [0.2, 0.25) is 15.9 Å². The van der Waals surface area contributed by atoms with E-state index in [1.165, 1.54) is 32.4 Å². The molecule has 0 saturated heterocycles. The van der Waals surface area contributed by atoms with Crippen LogP contribution in [0.15, 0.2) is 24.8 Å². The zero-order chi connectivity index (χ0) is 17.6. The molecule has 0 aromatic heterocycles. The number of amides is 1. The van der Waals surface area contributed by atoms with Crippen LogP contribution in [0.1, 0.15) is 0 Å². The smallest absolute Gasteiger partial charge is 0.241 e. The zero-order valence-corrected chi connectivity index (χ0v) is 14.7. The average molecular weight is 363 g/mol. The standard InChI is InChI=1S/C14H19ClN2O5S/c1-5-6-16-14(18)9-17(23(4,19)20)11-8-12(21-2)10(15)7-13(11)22-3/h5,7-8H,1,6,9H2,2-4H3,(H,16,18). The third-order valence-corrected chi connectivity index (χ3v) is 4.27. The summed E-state index contributed by atoms with van der Waals surface area (Å²) in [4.78, 5) is 11.9. The topological polar surface area (TPSA) is 84.9 Å². The second-order valence-electron chi connectivity index (χ2n) is 4.52. The van der Waals surface area contributed by atoms with Crippen LogP contribution in [-0.4, -0.2) is 47.9 Å². The maximum Gasteiger partial charge on any atom is 0.241 e. The molecule has 128 valence electrons. The number of benzene rings is 1.